The number of nitrogens with zero attached hydrogens (tertiary/aromatic N) is 1. The van der Waals surface area contributed by atoms with Gasteiger partial charge in [-0.3, -0.25) is 9.59 Å². The van der Waals surface area contributed by atoms with Gasteiger partial charge in [-0.25, -0.2) is 4.79 Å². The Bertz CT molecular complexity index is 638. The monoisotopic (exact) mass is 304 g/mol. The van der Waals surface area contributed by atoms with Crippen LogP contribution in [-0.2, 0) is 0 Å². The fraction of sp³-hybridized carbons (Fsp3) is 0.353. The standard InChI is InChI=1S/C11H8O2.C6H12N2O.2H2/c1-7-6-10(12)8-4-2-3-5-9(8)11(7)13;7-6(9)8-4-2-1-3-5-8;;/h2-6H,1H3;1-5H2,(H2,7,9);2*1H. The summed E-state index contributed by atoms with van der Waals surface area (Å²) in [5.41, 5.74) is 6.60. The summed E-state index contributed by atoms with van der Waals surface area (Å²) in [5, 5.41) is 0. The maximum Gasteiger partial charge on any atom is 0.314 e. The number of carbonyl (C=O) groups excluding carboxylic acids is 3. The molecule has 1 aliphatic carbocycles. The Kier molecular flexibility index (Phi) is 5.09. The zero-order valence-corrected chi connectivity index (χ0v) is 12.7. The van der Waals surface area contributed by atoms with Crippen LogP contribution in [0.25, 0.3) is 0 Å². The van der Waals surface area contributed by atoms with Crippen LogP contribution >= 0.6 is 0 Å². The van der Waals surface area contributed by atoms with Crippen LogP contribution in [0.5, 0.6) is 0 Å². The highest BCUT2D eigenvalue weighted by molar-refractivity contribution is 6.24. The van der Waals surface area contributed by atoms with Crippen molar-refractivity contribution < 1.29 is 17.2 Å². The normalized spacial score (nSPS) is 17.1. The molecule has 1 fully saturated rings. The van der Waals surface area contributed by atoms with Gasteiger partial charge in [0.15, 0.2) is 11.6 Å². The van der Waals surface area contributed by atoms with Gasteiger partial charge in [0.2, 0.25) is 0 Å². The van der Waals surface area contributed by atoms with Crippen molar-refractivity contribution in [3.05, 3.63) is 47.0 Å². The number of piperidine rings is 1. The maximum atomic E-state index is 11.5. The predicted octanol–water partition coefficient (Wildman–Crippen LogP) is 3.05. The highest BCUT2D eigenvalue weighted by Gasteiger charge is 2.21. The maximum absolute atomic E-state index is 11.5. The first-order chi connectivity index (χ1) is 10.5. The zero-order valence-electron chi connectivity index (χ0n) is 12.7. The molecular formula is C17H24N2O3. The van der Waals surface area contributed by atoms with E-state index >= 15 is 0 Å². The fourth-order valence-corrected chi connectivity index (χ4v) is 2.56. The van der Waals surface area contributed by atoms with E-state index < -0.39 is 0 Å². The molecule has 1 saturated heterocycles. The van der Waals surface area contributed by atoms with Crippen molar-refractivity contribution in [1.29, 1.82) is 0 Å². The number of rotatable bonds is 0. The van der Waals surface area contributed by atoms with Crippen LogP contribution < -0.4 is 5.73 Å². The number of ketones is 2. The zero-order chi connectivity index (χ0) is 16.1. The Morgan fingerprint density at radius 2 is 1.68 bits per heavy atom. The van der Waals surface area contributed by atoms with Gasteiger partial charge in [-0.05, 0) is 32.3 Å². The van der Waals surface area contributed by atoms with Gasteiger partial charge in [-0.15, -0.1) is 0 Å². The second-order valence-electron chi connectivity index (χ2n) is 5.45. The van der Waals surface area contributed by atoms with Crippen LogP contribution in [0.1, 0.15) is 49.8 Å². The van der Waals surface area contributed by atoms with Gasteiger partial charge in [0, 0.05) is 32.6 Å². The number of amides is 2. The molecule has 120 valence electrons. The third-order valence-corrected chi connectivity index (χ3v) is 3.81. The van der Waals surface area contributed by atoms with Crippen molar-refractivity contribution in [1.82, 2.24) is 4.90 Å². The SMILES string of the molecule is CC1=CC(=O)c2ccccc2C1=O.NC(=O)N1CCCCC1.[HH].[HH]. The Hall–Kier alpha value is -2.43. The van der Waals surface area contributed by atoms with E-state index in [1.54, 1.807) is 36.1 Å². The lowest BCUT2D eigenvalue weighted by atomic mass is 9.90. The number of hydrogen-bond acceptors (Lipinski definition) is 3. The molecule has 0 radical (unpaired) electrons. The summed E-state index contributed by atoms with van der Waals surface area (Å²) in [6, 6.07) is 6.63. The summed E-state index contributed by atoms with van der Waals surface area (Å²) in [6.07, 6.45) is 4.86. The van der Waals surface area contributed by atoms with E-state index in [1.807, 2.05) is 0 Å². The summed E-state index contributed by atoms with van der Waals surface area (Å²) < 4.78 is 0. The largest absolute Gasteiger partial charge is 0.351 e. The Balaban J connectivity index is 0.000000431. The predicted molar refractivity (Wildman–Crippen MR) is 88.1 cm³/mol. The number of carbonyl (C=O) groups is 3. The topological polar surface area (TPSA) is 80.5 Å². The lowest BCUT2D eigenvalue weighted by Gasteiger charge is -2.24. The van der Waals surface area contributed by atoms with E-state index in [0.29, 0.717) is 16.7 Å². The molecular weight excluding hydrogens is 280 g/mol. The molecule has 1 aromatic rings. The molecule has 0 unspecified atom stereocenters. The van der Waals surface area contributed by atoms with Crippen LogP contribution in [0.3, 0.4) is 0 Å². The average Bonchev–Trinajstić information content (AvgIpc) is 2.54. The number of fused-ring (bicyclic) bond motifs is 1. The molecule has 1 heterocycles. The Morgan fingerprint density at radius 1 is 1.09 bits per heavy atom. The minimum Gasteiger partial charge on any atom is -0.351 e. The lowest BCUT2D eigenvalue weighted by molar-refractivity contribution is 0.0984. The molecule has 0 bridgehead atoms. The van der Waals surface area contributed by atoms with Gasteiger partial charge in [0.25, 0.3) is 0 Å². The molecule has 2 N–H and O–H groups in total. The number of allylic oxidation sites excluding steroid dienone is 2. The van der Waals surface area contributed by atoms with E-state index in [9.17, 15) is 14.4 Å². The van der Waals surface area contributed by atoms with E-state index in [2.05, 4.69) is 0 Å². The van der Waals surface area contributed by atoms with Gasteiger partial charge in [-0.1, -0.05) is 24.3 Å². The van der Waals surface area contributed by atoms with Crippen molar-refractivity contribution in [3.8, 4) is 0 Å². The smallest absolute Gasteiger partial charge is 0.314 e. The number of hydrogen-bond donors (Lipinski definition) is 1. The van der Waals surface area contributed by atoms with E-state index in [0.717, 1.165) is 25.9 Å². The first kappa shape index (κ1) is 15.9. The van der Waals surface area contributed by atoms with Gasteiger partial charge in [-0.2, -0.15) is 0 Å². The molecule has 5 heteroatoms. The van der Waals surface area contributed by atoms with Gasteiger partial charge in [0.1, 0.15) is 0 Å². The van der Waals surface area contributed by atoms with Crippen LogP contribution in [0.4, 0.5) is 4.79 Å². The Morgan fingerprint density at radius 3 is 2.23 bits per heavy atom. The lowest BCUT2D eigenvalue weighted by Crippen LogP contribution is -2.39. The first-order valence-electron chi connectivity index (χ1n) is 7.41. The molecule has 2 amide bonds. The number of Topliss-reactive ketones (excluding diaryl/α,β-unsaturated/α-hetero) is 1. The molecule has 0 atom stereocenters. The van der Waals surface area contributed by atoms with Crippen molar-refractivity contribution in [3.63, 3.8) is 0 Å². The second kappa shape index (κ2) is 7.02. The number of nitrogens with two attached hydrogens (primary N) is 1. The van der Waals surface area contributed by atoms with E-state index in [1.165, 1.54) is 12.5 Å². The molecule has 1 aromatic carbocycles. The molecule has 0 aromatic heterocycles. The second-order valence-corrected chi connectivity index (χ2v) is 5.45. The highest BCUT2D eigenvalue weighted by Crippen LogP contribution is 2.20. The molecule has 1 aliphatic heterocycles. The summed E-state index contributed by atoms with van der Waals surface area (Å²) >= 11 is 0. The van der Waals surface area contributed by atoms with Crippen molar-refractivity contribution >= 4 is 17.6 Å². The Labute approximate surface area is 132 Å². The molecule has 5 nitrogen and oxygen atoms in total. The van der Waals surface area contributed by atoms with Gasteiger partial charge in [0.05, 0.1) is 0 Å². The molecule has 22 heavy (non-hydrogen) atoms. The minimum absolute atomic E-state index is 0. The molecule has 3 rings (SSSR count). The van der Waals surface area contributed by atoms with Crippen LogP contribution in [0.15, 0.2) is 35.9 Å². The van der Waals surface area contributed by atoms with Gasteiger partial charge >= 0.3 is 6.03 Å². The van der Waals surface area contributed by atoms with Crippen molar-refractivity contribution in [2.45, 2.75) is 26.2 Å². The summed E-state index contributed by atoms with van der Waals surface area (Å²) in [6.45, 7) is 3.38. The van der Waals surface area contributed by atoms with Crippen LogP contribution in [0, 0.1) is 0 Å². The third-order valence-electron chi connectivity index (χ3n) is 3.81. The molecule has 2 aliphatic rings. The third kappa shape index (κ3) is 3.61. The first-order valence-corrected chi connectivity index (χ1v) is 7.41. The van der Waals surface area contributed by atoms with Crippen molar-refractivity contribution in [2.24, 2.45) is 5.73 Å². The average molecular weight is 304 g/mol. The summed E-state index contributed by atoms with van der Waals surface area (Å²) in [7, 11) is 0. The number of benzene rings is 1. The minimum atomic E-state index is -0.269. The molecule has 0 spiro atoms. The fourth-order valence-electron chi connectivity index (χ4n) is 2.56. The quantitative estimate of drug-likeness (QED) is 0.800. The van der Waals surface area contributed by atoms with E-state index in [-0.39, 0.29) is 20.5 Å². The van der Waals surface area contributed by atoms with Gasteiger partial charge < -0.3 is 10.6 Å². The van der Waals surface area contributed by atoms with Crippen LogP contribution in [0.2, 0.25) is 0 Å². The van der Waals surface area contributed by atoms with Crippen molar-refractivity contribution in [2.75, 3.05) is 13.1 Å². The van der Waals surface area contributed by atoms with Crippen LogP contribution in [-0.4, -0.2) is 35.6 Å². The summed E-state index contributed by atoms with van der Waals surface area (Å²) in [5.74, 6) is -0.122. The number of primary amides is 1. The van der Waals surface area contributed by atoms with E-state index in [4.69, 9.17) is 5.73 Å². The number of urea groups is 1. The summed E-state index contributed by atoms with van der Waals surface area (Å²) in [4.78, 5) is 35.2. The molecule has 0 saturated carbocycles. The highest BCUT2D eigenvalue weighted by atomic mass is 16.2. The number of likely N-dealkylation sites (tertiary alicyclic amines) is 1.